The zero-order valence-corrected chi connectivity index (χ0v) is 6.44. The van der Waals surface area contributed by atoms with Gasteiger partial charge in [0.25, 0.3) is 0 Å². The first kappa shape index (κ1) is 9.86. The molecule has 12 heavy (non-hydrogen) atoms. The molecule has 0 bridgehead atoms. The van der Waals surface area contributed by atoms with Gasteiger partial charge in [0, 0.05) is 7.05 Å². The highest BCUT2D eigenvalue weighted by molar-refractivity contribution is 7.74. The van der Waals surface area contributed by atoms with Gasteiger partial charge in [-0.3, -0.25) is 0 Å². The van der Waals surface area contributed by atoms with Gasteiger partial charge in [-0.1, -0.05) is 0 Å². The minimum Gasteiger partial charge on any atom is -0.750 e. The van der Waals surface area contributed by atoms with E-state index in [2.05, 4.69) is 9.02 Å². The van der Waals surface area contributed by atoms with Crippen molar-refractivity contribution < 1.29 is 31.0 Å². The summed E-state index contributed by atoms with van der Waals surface area (Å²) >= 11 is -3.28. The smallest absolute Gasteiger partial charge is 0.464 e. The molecule has 0 aromatic heterocycles. The summed E-state index contributed by atoms with van der Waals surface area (Å²) < 4.78 is 59.0. The van der Waals surface area contributed by atoms with Crippen LogP contribution in [0.3, 0.4) is 0 Å². The van der Waals surface area contributed by atoms with E-state index in [0.717, 1.165) is 7.05 Å². The summed E-state index contributed by atoms with van der Waals surface area (Å²) in [7, 11) is 0.903. The molecule has 0 saturated carbocycles. The van der Waals surface area contributed by atoms with Gasteiger partial charge in [-0.2, -0.15) is 13.2 Å². The molecule has 5 nitrogen and oxygen atoms in total. The van der Waals surface area contributed by atoms with Crippen molar-refractivity contribution >= 4 is 11.4 Å². The maximum atomic E-state index is 11.9. The van der Waals surface area contributed by atoms with Crippen LogP contribution in [-0.4, -0.2) is 33.0 Å². The molecular weight excluding hydrogens is 203 g/mol. The summed E-state index contributed by atoms with van der Waals surface area (Å²) in [6, 6.07) is 0. The number of rotatable bonds is 2. The predicted molar refractivity (Wildman–Crippen MR) is 27.6 cm³/mol. The predicted octanol–water partition coefficient (Wildman–Crippen LogP) is -0.110. The number of hydrogen-bond donors (Lipinski definition) is 0. The fourth-order valence-corrected chi connectivity index (χ4v) is 1.02. The number of nitrogens with zero attached hydrogens (tertiary/aromatic N) is 1. The van der Waals surface area contributed by atoms with Gasteiger partial charge < -0.3 is 4.55 Å². The van der Waals surface area contributed by atoms with Crippen molar-refractivity contribution in [3.63, 3.8) is 0 Å². The molecule has 0 radical (unpaired) electrons. The van der Waals surface area contributed by atoms with Crippen LogP contribution in [0.25, 0.3) is 0 Å². The first-order valence-corrected chi connectivity index (χ1v) is 3.58. The van der Waals surface area contributed by atoms with E-state index in [1.54, 1.807) is 0 Å². The van der Waals surface area contributed by atoms with E-state index in [1.165, 1.54) is 0 Å². The fraction of sp³-hybridized carbons (Fsp3) is 1.00. The van der Waals surface area contributed by atoms with Crippen LogP contribution >= 0.6 is 0 Å². The van der Waals surface area contributed by atoms with Crippen LogP contribution < -0.4 is 0 Å². The van der Waals surface area contributed by atoms with E-state index in [9.17, 15) is 21.9 Å². The van der Waals surface area contributed by atoms with Gasteiger partial charge in [-0.05, 0) is 0 Å². The minimum absolute atomic E-state index is 0.253. The molecule has 0 amide bonds. The molecule has 3 unspecified atom stereocenters. The first-order valence-electron chi connectivity index (χ1n) is 2.58. The van der Waals surface area contributed by atoms with Gasteiger partial charge >= 0.3 is 12.1 Å². The van der Waals surface area contributed by atoms with E-state index in [0.29, 0.717) is 0 Å². The fourth-order valence-electron chi connectivity index (χ4n) is 0.603. The molecule has 1 aliphatic heterocycles. The lowest BCUT2D eigenvalue weighted by Gasteiger charge is -2.15. The van der Waals surface area contributed by atoms with E-state index < -0.39 is 23.4 Å². The summed E-state index contributed by atoms with van der Waals surface area (Å²) in [5.41, 5.74) is 0. The minimum atomic E-state index is -4.90. The molecule has 0 aromatic rings. The van der Waals surface area contributed by atoms with Crippen LogP contribution in [0.2, 0.25) is 0 Å². The van der Waals surface area contributed by atoms with Crippen molar-refractivity contribution in [2.24, 2.45) is 0 Å². The first-order chi connectivity index (χ1) is 5.29. The van der Waals surface area contributed by atoms with Gasteiger partial charge in [0.15, 0.2) is 0 Å². The van der Waals surface area contributed by atoms with E-state index in [-0.39, 0.29) is 5.06 Å². The molecule has 0 aliphatic carbocycles. The van der Waals surface area contributed by atoms with Crippen molar-refractivity contribution in [2.75, 3.05) is 7.05 Å². The van der Waals surface area contributed by atoms with Crippen molar-refractivity contribution in [2.45, 2.75) is 12.1 Å². The van der Waals surface area contributed by atoms with Crippen LogP contribution in [0.1, 0.15) is 0 Å². The second-order valence-electron chi connectivity index (χ2n) is 1.96. The number of alkyl halides is 3. The highest BCUT2D eigenvalue weighted by Crippen LogP contribution is 2.48. The summed E-state index contributed by atoms with van der Waals surface area (Å²) in [6.07, 6.45) is -4.90. The number of halogens is 3. The van der Waals surface area contributed by atoms with Gasteiger partial charge in [0.2, 0.25) is 0 Å². The van der Waals surface area contributed by atoms with Crippen LogP contribution in [0.4, 0.5) is 13.2 Å². The molecule has 0 aromatic carbocycles. The van der Waals surface area contributed by atoms with E-state index >= 15 is 0 Å². The summed E-state index contributed by atoms with van der Waals surface area (Å²) in [6.45, 7) is 0. The van der Waals surface area contributed by atoms with Crippen molar-refractivity contribution in [3.05, 3.63) is 0 Å². The second-order valence-corrected chi connectivity index (χ2v) is 2.53. The van der Waals surface area contributed by atoms with E-state index in [1.807, 2.05) is 0 Å². The van der Waals surface area contributed by atoms with Gasteiger partial charge in [-0.15, -0.1) is 5.06 Å². The summed E-state index contributed by atoms with van der Waals surface area (Å²) in [5.74, 6) is -3.11. The Morgan fingerprint density at radius 2 is 2.08 bits per heavy atom. The lowest BCUT2D eigenvalue weighted by molar-refractivity contribution is -0.246. The summed E-state index contributed by atoms with van der Waals surface area (Å²) in [5, 5.41) is 0.253. The van der Waals surface area contributed by atoms with Crippen molar-refractivity contribution in [1.82, 2.24) is 5.06 Å². The Morgan fingerprint density at radius 3 is 2.17 bits per heavy atom. The Labute approximate surface area is 67.5 Å². The maximum absolute atomic E-state index is 11.9. The molecule has 1 rings (SSSR count). The molecule has 0 spiro atoms. The zero-order chi connectivity index (χ0) is 9.57. The van der Waals surface area contributed by atoms with Crippen LogP contribution in [-0.2, 0) is 20.4 Å². The SMILES string of the molecule is CN1OC1(OS(=O)[O-])C(F)(F)F. The van der Waals surface area contributed by atoms with Gasteiger partial charge in [0.1, 0.15) is 0 Å². The lowest BCUT2D eigenvalue weighted by atomic mass is 10.5. The summed E-state index contributed by atoms with van der Waals surface area (Å²) in [4.78, 5) is 3.87. The molecule has 1 aliphatic rings. The number of hydrogen-bond acceptors (Lipinski definition) is 5. The molecule has 1 heterocycles. The third kappa shape index (κ3) is 1.45. The van der Waals surface area contributed by atoms with Crippen molar-refractivity contribution in [1.29, 1.82) is 0 Å². The molecule has 1 fully saturated rings. The highest BCUT2D eigenvalue weighted by atomic mass is 32.2. The highest BCUT2D eigenvalue weighted by Gasteiger charge is 2.75. The molecule has 0 N–H and O–H groups in total. The Morgan fingerprint density at radius 1 is 1.67 bits per heavy atom. The average Bonchev–Trinajstić information content (AvgIpc) is 2.38. The Kier molecular flexibility index (Phi) is 2.17. The normalized spacial score (nSPS) is 37.9. The molecule has 3 atom stereocenters. The topological polar surface area (TPSA) is 64.9 Å². The third-order valence-corrected chi connectivity index (χ3v) is 1.54. The monoisotopic (exact) mass is 206 g/mol. The van der Waals surface area contributed by atoms with Crippen molar-refractivity contribution in [3.8, 4) is 0 Å². The molecule has 9 heteroatoms. The standard InChI is InChI=1S/C3H4F3NO4S/c1-7-3(10-7,2(4,5)6)11-12(8)9/h1H3,(H,8,9)/p-1. The third-order valence-electron chi connectivity index (χ3n) is 1.18. The molecule has 72 valence electrons. The zero-order valence-electron chi connectivity index (χ0n) is 5.62. The molecule has 1 saturated heterocycles. The van der Waals surface area contributed by atoms with Crippen LogP contribution in [0, 0.1) is 0 Å². The second kappa shape index (κ2) is 2.64. The van der Waals surface area contributed by atoms with Crippen LogP contribution in [0.15, 0.2) is 0 Å². The lowest BCUT2D eigenvalue weighted by Crippen LogP contribution is -2.39. The van der Waals surface area contributed by atoms with Gasteiger partial charge in [-0.25, -0.2) is 13.2 Å². The van der Waals surface area contributed by atoms with Crippen LogP contribution in [0.5, 0.6) is 0 Å². The van der Waals surface area contributed by atoms with Gasteiger partial charge in [0.05, 0.1) is 11.4 Å². The van der Waals surface area contributed by atoms with E-state index in [4.69, 9.17) is 0 Å². The Hall–Kier alpha value is -0.220. The maximum Gasteiger partial charge on any atom is 0.464 e. The Balaban J connectivity index is 2.73. The Bertz CT molecular complexity index is 220. The molecular formula is C3H3F3NO4S-. The average molecular weight is 206 g/mol. The quantitative estimate of drug-likeness (QED) is 0.466. The number of hydroxylamine groups is 2. The largest absolute Gasteiger partial charge is 0.750 e.